The maximum atomic E-state index is 11.1. The third-order valence-electron chi connectivity index (χ3n) is 4.14. The van der Waals surface area contributed by atoms with Gasteiger partial charge in [0, 0.05) is 5.56 Å². The zero-order chi connectivity index (χ0) is 14.0. The summed E-state index contributed by atoms with van der Waals surface area (Å²) in [6, 6.07) is 4.97. The number of anilines is 1. The van der Waals surface area contributed by atoms with Crippen molar-refractivity contribution < 1.29 is 9.53 Å². The van der Waals surface area contributed by atoms with Gasteiger partial charge in [-0.25, -0.2) is 0 Å². The predicted molar refractivity (Wildman–Crippen MR) is 76.0 cm³/mol. The molecule has 0 saturated heterocycles. The van der Waals surface area contributed by atoms with Crippen LogP contribution >= 0.6 is 0 Å². The minimum absolute atomic E-state index is 0.216. The van der Waals surface area contributed by atoms with Gasteiger partial charge in [0.15, 0.2) is 0 Å². The monoisotopic (exact) mass is 262 g/mol. The molecule has 1 amide bonds. The fraction of sp³-hybridized carbons (Fsp3) is 0.533. The van der Waals surface area contributed by atoms with E-state index in [0.717, 1.165) is 18.8 Å². The van der Waals surface area contributed by atoms with Gasteiger partial charge in [-0.2, -0.15) is 0 Å². The number of ether oxygens (including phenoxy) is 1. The minimum atomic E-state index is -0.474. The number of hydrogen-bond donors (Lipinski definition) is 2. The van der Waals surface area contributed by atoms with Gasteiger partial charge < -0.3 is 16.2 Å². The highest BCUT2D eigenvalue weighted by molar-refractivity contribution is 5.94. The Morgan fingerprint density at radius 2 is 2.00 bits per heavy atom. The van der Waals surface area contributed by atoms with Crippen molar-refractivity contribution in [2.24, 2.45) is 17.6 Å². The molecular weight excluding hydrogens is 240 g/mol. The van der Waals surface area contributed by atoms with E-state index in [2.05, 4.69) is 13.8 Å². The maximum Gasteiger partial charge on any atom is 0.248 e. The molecule has 0 radical (unpaired) electrons. The van der Waals surface area contributed by atoms with Crippen LogP contribution in [0.4, 0.5) is 5.69 Å². The molecule has 0 spiro atoms. The SMILES string of the molecule is CC1CCC(Oc2ccc(C(N)=O)cc2N)CC1C. The van der Waals surface area contributed by atoms with E-state index in [0.29, 0.717) is 22.9 Å². The van der Waals surface area contributed by atoms with Crippen LogP contribution in [0.25, 0.3) is 0 Å². The summed E-state index contributed by atoms with van der Waals surface area (Å²) in [5.41, 5.74) is 12.0. The van der Waals surface area contributed by atoms with Crippen molar-refractivity contribution in [3.63, 3.8) is 0 Å². The first-order valence-electron chi connectivity index (χ1n) is 6.83. The van der Waals surface area contributed by atoms with E-state index in [1.165, 1.54) is 6.42 Å². The second-order valence-electron chi connectivity index (χ2n) is 5.62. The highest BCUT2D eigenvalue weighted by Gasteiger charge is 2.26. The summed E-state index contributed by atoms with van der Waals surface area (Å²) in [6.07, 6.45) is 3.51. The lowest BCUT2D eigenvalue weighted by molar-refractivity contribution is 0.0997. The van der Waals surface area contributed by atoms with Gasteiger partial charge in [0.25, 0.3) is 0 Å². The van der Waals surface area contributed by atoms with Crippen molar-refractivity contribution in [2.75, 3.05) is 5.73 Å². The molecule has 1 aliphatic rings. The van der Waals surface area contributed by atoms with Crippen LogP contribution in [0.5, 0.6) is 5.75 Å². The van der Waals surface area contributed by atoms with E-state index >= 15 is 0 Å². The lowest BCUT2D eigenvalue weighted by atomic mass is 9.80. The molecule has 4 heteroatoms. The van der Waals surface area contributed by atoms with Gasteiger partial charge in [0.05, 0.1) is 11.8 Å². The number of rotatable bonds is 3. The van der Waals surface area contributed by atoms with Crippen molar-refractivity contribution in [1.29, 1.82) is 0 Å². The van der Waals surface area contributed by atoms with Gasteiger partial charge in [0.2, 0.25) is 5.91 Å². The molecule has 1 aliphatic carbocycles. The topological polar surface area (TPSA) is 78.3 Å². The molecule has 1 aromatic carbocycles. The molecule has 4 nitrogen and oxygen atoms in total. The third kappa shape index (κ3) is 3.19. The van der Waals surface area contributed by atoms with Crippen LogP contribution in [0.1, 0.15) is 43.5 Å². The van der Waals surface area contributed by atoms with Gasteiger partial charge >= 0.3 is 0 Å². The molecule has 0 aliphatic heterocycles. The number of carbonyl (C=O) groups is 1. The first-order valence-corrected chi connectivity index (χ1v) is 6.83. The number of nitrogens with two attached hydrogens (primary N) is 2. The molecule has 19 heavy (non-hydrogen) atoms. The molecule has 1 fully saturated rings. The van der Waals surface area contributed by atoms with Crippen LogP contribution in [0, 0.1) is 11.8 Å². The zero-order valence-corrected chi connectivity index (χ0v) is 11.6. The van der Waals surface area contributed by atoms with E-state index < -0.39 is 5.91 Å². The van der Waals surface area contributed by atoms with Crippen molar-refractivity contribution in [3.8, 4) is 5.75 Å². The van der Waals surface area contributed by atoms with E-state index in [9.17, 15) is 4.79 Å². The highest BCUT2D eigenvalue weighted by atomic mass is 16.5. The van der Waals surface area contributed by atoms with Gasteiger partial charge in [0.1, 0.15) is 5.75 Å². The van der Waals surface area contributed by atoms with E-state index in [1.807, 2.05) is 0 Å². The van der Waals surface area contributed by atoms with Crippen LogP contribution in [0.3, 0.4) is 0 Å². The maximum absolute atomic E-state index is 11.1. The number of amides is 1. The number of nitrogen functional groups attached to an aromatic ring is 1. The summed E-state index contributed by atoms with van der Waals surface area (Å²) in [5, 5.41) is 0. The third-order valence-corrected chi connectivity index (χ3v) is 4.14. The van der Waals surface area contributed by atoms with Crippen molar-refractivity contribution in [3.05, 3.63) is 23.8 Å². The fourth-order valence-electron chi connectivity index (χ4n) is 2.59. The van der Waals surface area contributed by atoms with Crippen LogP contribution < -0.4 is 16.2 Å². The van der Waals surface area contributed by atoms with Crippen LogP contribution in [-0.2, 0) is 0 Å². The molecule has 2 rings (SSSR count). The second kappa shape index (κ2) is 5.51. The number of carbonyl (C=O) groups excluding carboxylic acids is 1. The Bertz CT molecular complexity index is 473. The Labute approximate surface area is 114 Å². The van der Waals surface area contributed by atoms with Crippen molar-refractivity contribution in [1.82, 2.24) is 0 Å². The van der Waals surface area contributed by atoms with Crippen molar-refractivity contribution >= 4 is 11.6 Å². The molecular formula is C15H22N2O2. The number of benzene rings is 1. The van der Waals surface area contributed by atoms with Crippen molar-refractivity contribution in [2.45, 2.75) is 39.2 Å². The normalized spacial score (nSPS) is 26.9. The Balaban J connectivity index is 2.05. The number of primary amides is 1. The summed E-state index contributed by atoms with van der Waals surface area (Å²) >= 11 is 0. The average Bonchev–Trinajstić information content (AvgIpc) is 2.36. The summed E-state index contributed by atoms with van der Waals surface area (Å²) in [7, 11) is 0. The molecule has 0 aromatic heterocycles. The lowest BCUT2D eigenvalue weighted by Gasteiger charge is -2.32. The molecule has 1 saturated carbocycles. The van der Waals surface area contributed by atoms with Crippen LogP contribution in [0.15, 0.2) is 18.2 Å². The van der Waals surface area contributed by atoms with E-state index in [1.54, 1.807) is 18.2 Å². The molecule has 0 bridgehead atoms. The Hall–Kier alpha value is -1.71. The second-order valence-corrected chi connectivity index (χ2v) is 5.62. The molecule has 3 unspecified atom stereocenters. The van der Waals surface area contributed by atoms with Crippen LogP contribution in [-0.4, -0.2) is 12.0 Å². The standard InChI is InChI=1S/C15H22N2O2/c1-9-3-5-12(7-10(9)2)19-14-6-4-11(15(17)18)8-13(14)16/h4,6,8-10,12H,3,5,7,16H2,1-2H3,(H2,17,18). The smallest absolute Gasteiger partial charge is 0.248 e. The van der Waals surface area contributed by atoms with Gasteiger partial charge in [-0.1, -0.05) is 13.8 Å². The van der Waals surface area contributed by atoms with Crippen LogP contribution in [0.2, 0.25) is 0 Å². The number of hydrogen-bond acceptors (Lipinski definition) is 3. The molecule has 0 heterocycles. The summed E-state index contributed by atoms with van der Waals surface area (Å²) in [6.45, 7) is 4.55. The summed E-state index contributed by atoms with van der Waals surface area (Å²) in [4.78, 5) is 11.1. The quantitative estimate of drug-likeness (QED) is 0.822. The summed E-state index contributed by atoms with van der Waals surface area (Å²) < 4.78 is 5.96. The summed E-state index contributed by atoms with van der Waals surface area (Å²) in [5.74, 6) is 1.61. The minimum Gasteiger partial charge on any atom is -0.488 e. The molecule has 1 aromatic rings. The molecule has 3 atom stereocenters. The van der Waals surface area contributed by atoms with Gasteiger partial charge in [-0.15, -0.1) is 0 Å². The lowest BCUT2D eigenvalue weighted by Crippen LogP contribution is -2.29. The average molecular weight is 262 g/mol. The van der Waals surface area contributed by atoms with E-state index in [4.69, 9.17) is 16.2 Å². The Kier molecular flexibility index (Phi) is 3.98. The van der Waals surface area contributed by atoms with Gasteiger partial charge in [-0.05, 0) is 49.3 Å². The first kappa shape index (κ1) is 13.7. The fourth-order valence-corrected chi connectivity index (χ4v) is 2.59. The van der Waals surface area contributed by atoms with E-state index in [-0.39, 0.29) is 6.10 Å². The zero-order valence-electron chi connectivity index (χ0n) is 11.6. The largest absolute Gasteiger partial charge is 0.488 e. The van der Waals surface area contributed by atoms with Gasteiger partial charge in [-0.3, -0.25) is 4.79 Å². The predicted octanol–water partition coefficient (Wildman–Crippen LogP) is 2.57. The first-order chi connectivity index (χ1) is 8.97. The Morgan fingerprint density at radius 1 is 1.26 bits per heavy atom. The highest BCUT2D eigenvalue weighted by Crippen LogP contribution is 2.33. The molecule has 4 N–H and O–H groups in total. The molecule has 104 valence electrons. The Morgan fingerprint density at radius 3 is 2.58 bits per heavy atom.